The van der Waals surface area contributed by atoms with Crippen LogP contribution in [0.1, 0.15) is 37.7 Å². The fourth-order valence-corrected chi connectivity index (χ4v) is 3.77. The minimum Gasteiger partial charge on any atom is -0.355 e. The molecule has 1 amide bonds. The van der Waals surface area contributed by atoms with Crippen molar-refractivity contribution >= 4 is 15.7 Å². The van der Waals surface area contributed by atoms with Gasteiger partial charge in [0.2, 0.25) is 5.91 Å². The molecule has 2 rings (SSSR count). The number of sulfone groups is 1. The summed E-state index contributed by atoms with van der Waals surface area (Å²) in [7, 11) is -3.01. The summed E-state index contributed by atoms with van der Waals surface area (Å²) in [5.74, 6) is -0.327. The van der Waals surface area contributed by atoms with Crippen LogP contribution in [0.5, 0.6) is 0 Å². The Balaban J connectivity index is 2.04. The molecule has 0 bridgehead atoms. The molecular formula is C16H22FNO3S. The van der Waals surface area contributed by atoms with E-state index in [9.17, 15) is 17.6 Å². The molecular weight excluding hydrogens is 305 g/mol. The van der Waals surface area contributed by atoms with Gasteiger partial charge in [-0.25, -0.2) is 12.8 Å². The lowest BCUT2D eigenvalue weighted by atomic mass is 9.78. The third-order valence-electron chi connectivity index (χ3n) is 4.27. The second kappa shape index (κ2) is 6.77. The Hall–Kier alpha value is -1.43. The predicted molar refractivity (Wildman–Crippen MR) is 83.9 cm³/mol. The van der Waals surface area contributed by atoms with Crippen LogP contribution in [0.2, 0.25) is 0 Å². The van der Waals surface area contributed by atoms with Gasteiger partial charge in [0.15, 0.2) is 0 Å². The van der Waals surface area contributed by atoms with Crippen molar-refractivity contribution in [2.75, 3.05) is 18.6 Å². The van der Waals surface area contributed by atoms with E-state index in [2.05, 4.69) is 5.32 Å². The van der Waals surface area contributed by atoms with E-state index in [4.69, 9.17) is 0 Å². The Labute approximate surface area is 131 Å². The maximum Gasteiger partial charge on any atom is 0.230 e. The molecule has 0 unspecified atom stereocenters. The van der Waals surface area contributed by atoms with Gasteiger partial charge in [-0.2, -0.15) is 0 Å². The van der Waals surface area contributed by atoms with Crippen molar-refractivity contribution in [1.82, 2.24) is 5.32 Å². The highest BCUT2D eigenvalue weighted by Crippen LogP contribution is 2.41. The second-order valence-electron chi connectivity index (χ2n) is 6.04. The third-order valence-corrected chi connectivity index (χ3v) is 5.30. The Morgan fingerprint density at radius 1 is 1.23 bits per heavy atom. The van der Waals surface area contributed by atoms with Crippen LogP contribution in [0.4, 0.5) is 4.39 Å². The summed E-state index contributed by atoms with van der Waals surface area (Å²) < 4.78 is 35.3. The predicted octanol–water partition coefficient (Wildman–Crippen LogP) is 2.19. The van der Waals surface area contributed by atoms with E-state index in [-0.39, 0.29) is 17.5 Å². The molecule has 0 aliphatic heterocycles. The highest BCUT2D eigenvalue weighted by Gasteiger charge is 2.42. The topological polar surface area (TPSA) is 63.2 Å². The quantitative estimate of drug-likeness (QED) is 0.815. The molecule has 1 aromatic carbocycles. The minimum absolute atomic E-state index is 0.0663. The smallest absolute Gasteiger partial charge is 0.230 e. The summed E-state index contributed by atoms with van der Waals surface area (Å²) >= 11 is 0. The van der Waals surface area contributed by atoms with E-state index < -0.39 is 15.3 Å². The molecule has 0 spiro atoms. The monoisotopic (exact) mass is 327 g/mol. The van der Waals surface area contributed by atoms with E-state index in [1.807, 2.05) is 0 Å². The first-order valence-corrected chi connectivity index (χ1v) is 9.62. The van der Waals surface area contributed by atoms with Gasteiger partial charge in [-0.3, -0.25) is 4.79 Å². The van der Waals surface area contributed by atoms with Crippen molar-refractivity contribution in [3.8, 4) is 0 Å². The molecule has 6 heteroatoms. The summed E-state index contributed by atoms with van der Waals surface area (Å²) in [6, 6.07) is 6.12. The van der Waals surface area contributed by atoms with Crippen LogP contribution in [0.3, 0.4) is 0 Å². The van der Waals surface area contributed by atoms with E-state index in [0.717, 1.165) is 31.2 Å². The zero-order valence-corrected chi connectivity index (χ0v) is 13.6. The fourth-order valence-electron chi connectivity index (χ4n) is 3.10. The summed E-state index contributed by atoms with van der Waals surface area (Å²) in [5, 5.41) is 2.85. The Morgan fingerprint density at radius 3 is 2.36 bits per heavy atom. The van der Waals surface area contributed by atoms with E-state index in [0.29, 0.717) is 13.0 Å². The van der Waals surface area contributed by atoms with E-state index >= 15 is 0 Å². The van der Waals surface area contributed by atoms with Gasteiger partial charge in [0.05, 0.1) is 11.2 Å². The van der Waals surface area contributed by atoms with Crippen molar-refractivity contribution in [3.05, 3.63) is 35.6 Å². The minimum atomic E-state index is -3.01. The number of hydrogen-bond donors (Lipinski definition) is 1. The molecule has 1 aliphatic rings. The molecule has 1 saturated carbocycles. The van der Waals surface area contributed by atoms with Gasteiger partial charge in [0, 0.05) is 12.8 Å². The first-order chi connectivity index (χ1) is 10.3. The maximum absolute atomic E-state index is 13.1. The number of halogens is 1. The fraction of sp³-hybridized carbons (Fsp3) is 0.562. The van der Waals surface area contributed by atoms with E-state index in [1.165, 1.54) is 18.4 Å². The molecule has 0 aromatic heterocycles. The van der Waals surface area contributed by atoms with Crippen LogP contribution in [0, 0.1) is 5.82 Å². The molecule has 1 aliphatic carbocycles. The lowest BCUT2D eigenvalue weighted by Crippen LogP contribution is -2.43. The Kier molecular flexibility index (Phi) is 5.21. The molecule has 0 radical (unpaired) electrons. The van der Waals surface area contributed by atoms with Crippen LogP contribution in [0.25, 0.3) is 0 Å². The Morgan fingerprint density at radius 2 is 1.82 bits per heavy atom. The summed E-state index contributed by atoms with van der Waals surface area (Å²) in [6.45, 7) is 0.342. The number of rotatable bonds is 6. The number of carbonyl (C=O) groups is 1. The summed E-state index contributed by atoms with van der Waals surface area (Å²) in [6.07, 6.45) is 5.02. The maximum atomic E-state index is 13.1. The lowest BCUT2D eigenvalue weighted by Gasteiger charge is -2.28. The van der Waals surface area contributed by atoms with Crippen molar-refractivity contribution in [3.63, 3.8) is 0 Å². The second-order valence-corrected chi connectivity index (χ2v) is 8.30. The highest BCUT2D eigenvalue weighted by atomic mass is 32.2. The Bertz CT molecular complexity index is 619. The highest BCUT2D eigenvalue weighted by molar-refractivity contribution is 7.90. The average molecular weight is 327 g/mol. The molecule has 1 N–H and O–H groups in total. The molecule has 122 valence electrons. The van der Waals surface area contributed by atoms with Gasteiger partial charge in [0.1, 0.15) is 15.7 Å². The van der Waals surface area contributed by atoms with Crippen LogP contribution in [0.15, 0.2) is 24.3 Å². The first kappa shape index (κ1) is 16.9. The first-order valence-electron chi connectivity index (χ1n) is 7.56. The lowest BCUT2D eigenvalue weighted by molar-refractivity contribution is -0.126. The molecule has 0 atom stereocenters. The van der Waals surface area contributed by atoms with Crippen molar-refractivity contribution in [2.24, 2.45) is 0 Å². The standard InChI is InChI=1S/C16H22FNO3S/c1-22(20,21)12-4-11-18-15(19)16(9-2-3-10-16)13-5-7-14(17)8-6-13/h5-8H,2-4,9-12H2,1H3,(H,18,19). The van der Waals surface area contributed by atoms with Gasteiger partial charge in [0.25, 0.3) is 0 Å². The van der Waals surface area contributed by atoms with Gasteiger partial charge in [-0.1, -0.05) is 25.0 Å². The van der Waals surface area contributed by atoms with Crippen LogP contribution >= 0.6 is 0 Å². The molecule has 22 heavy (non-hydrogen) atoms. The third kappa shape index (κ3) is 4.06. The number of amides is 1. The van der Waals surface area contributed by atoms with Gasteiger partial charge >= 0.3 is 0 Å². The summed E-state index contributed by atoms with van der Waals surface area (Å²) in [5.41, 5.74) is 0.241. The van der Waals surface area contributed by atoms with Crippen molar-refractivity contribution in [2.45, 2.75) is 37.5 Å². The average Bonchev–Trinajstić information content (AvgIpc) is 2.94. The van der Waals surface area contributed by atoms with Crippen LogP contribution in [-0.4, -0.2) is 32.9 Å². The van der Waals surface area contributed by atoms with Crippen LogP contribution < -0.4 is 5.32 Å². The number of hydrogen-bond acceptors (Lipinski definition) is 3. The number of benzene rings is 1. The zero-order valence-electron chi connectivity index (χ0n) is 12.8. The van der Waals surface area contributed by atoms with E-state index in [1.54, 1.807) is 12.1 Å². The van der Waals surface area contributed by atoms with Crippen molar-refractivity contribution in [1.29, 1.82) is 0 Å². The molecule has 1 fully saturated rings. The van der Waals surface area contributed by atoms with Crippen molar-refractivity contribution < 1.29 is 17.6 Å². The number of nitrogens with one attached hydrogen (secondary N) is 1. The molecule has 0 heterocycles. The molecule has 1 aromatic rings. The summed E-state index contributed by atoms with van der Waals surface area (Å²) in [4.78, 5) is 12.6. The normalized spacial score (nSPS) is 17.4. The molecule has 0 saturated heterocycles. The SMILES string of the molecule is CS(=O)(=O)CCCNC(=O)C1(c2ccc(F)cc2)CCCC1. The zero-order chi connectivity index (χ0) is 16.2. The molecule has 4 nitrogen and oxygen atoms in total. The largest absolute Gasteiger partial charge is 0.355 e. The van der Waals surface area contributed by atoms with Gasteiger partial charge in [-0.15, -0.1) is 0 Å². The van der Waals surface area contributed by atoms with Gasteiger partial charge < -0.3 is 5.32 Å². The number of carbonyl (C=O) groups excluding carboxylic acids is 1. The van der Waals surface area contributed by atoms with Crippen LogP contribution in [-0.2, 0) is 20.0 Å². The van der Waals surface area contributed by atoms with Gasteiger partial charge in [-0.05, 0) is 37.0 Å².